The molecule has 0 aromatic heterocycles. The number of amides is 1. The Hall–Kier alpha value is -0.820. The molecule has 6 nitrogen and oxygen atoms in total. The summed E-state index contributed by atoms with van der Waals surface area (Å²) in [5, 5.41) is 13.4. The molecule has 1 amide bonds. The van der Waals surface area contributed by atoms with E-state index in [0.717, 1.165) is 42.9 Å². The molecule has 2 N–H and O–H groups in total. The minimum Gasteiger partial charge on any atom is -0.450 e. The Morgan fingerprint density at radius 3 is 2.37 bits per heavy atom. The molecule has 5 aliphatic rings. The van der Waals surface area contributed by atoms with Crippen LogP contribution in [-0.2, 0) is 14.6 Å². The quantitative estimate of drug-likeness (QED) is 0.424. The molecule has 1 heterocycles. The molecule has 10 atom stereocenters. The van der Waals surface area contributed by atoms with E-state index in [1.807, 2.05) is 0 Å². The van der Waals surface area contributed by atoms with Crippen LogP contribution in [0.5, 0.6) is 0 Å². The third-order valence-corrected chi connectivity index (χ3v) is 14.5. The molecule has 0 spiro atoms. The van der Waals surface area contributed by atoms with Gasteiger partial charge in [-0.1, -0.05) is 34.1 Å². The summed E-state index contributed by atoms with van der Waals surface area (Å²) >= 11 is 0. The van der Waals surface area contributed by atoms with Gasteiger partial charge < -0.3 is 15.2 Å². The van der Waals surface area contributed by atoms with Crippen LogP contribution >= 0.6 is 0 Å². The molecule has 5 fully saturated rings. The first-order valence-electron chi connectivity index (χ1n) is 15.8. The fraction of sp³-hybridized carbons (Fsp3) is 0.968. The van der Waals surface area contributed by atoms with Gasteiger partial charge in [-0.15, -0.1) is 0 Å². The van der Waals surface area contributed by atoms with Crippen LogP contribution in [0.1, 0.15) is 105 Å². The van der Waals surface area contributed by atoms with Crippen molar-refractivity contribution in [1.29, 1.82) is 0 Å². The van der Waals surface area contributed by atoms with Crippen LogP contribution in [0.15, 0.2) is 0 Å². The van der Waals surface area contributed by atoms with Gasteiger partial charge in [-0.2, -0.15) is 0 Å². The molecule has 0 bridgehead atoms. The average molecular weight is 552 g/mol. The summed E-state index contributed by atoms with van der Waals surface area (Å²) in [5.74, 6) is 5.41. The number of rotatable bonds is 6. The molecular weight excluding hydrogens is 498 g/mol. The minimum absolute atomic E-state index is 0.0904. The Labute approximate surface area is 231 Å². The highest BCUT2D eigenvalue weighted by molar-refractivity contribution is 7.91. The van der Waals surface area contributed by atoms with E-state index < -0.39 is 15.9 Å². The first-order valence-corrected chi connectivity index (χ1v) is 17.6. The highest BCUT2D eigenvalue weighted by atomic mass is 32.2. The third-order valence-electron chi connectivity index (χ3n) is 12.8. The van der Waals surface area contributed by atoms with E-state index in [4.69, 9.17) is 4.74 Å². The summed E-state index contributed by atoms with van der Waals surface area (Å²) < 4.78 is 28.8. The predicted octanol–water partition coefficient (Wildman–Crippen LogP) is 5.97. The number of aliphatic hydroxyl groups is 1. The Morgan fingerprint density at radius 2 is 1.66 bits per heavy atom. The van der Waals surface area contributed by atoms with Crippen molar-refractivity contribution in [2.75, 3.05) is 18.1 Å². The smallest absolute Gasteiger partial charge is 0.407 e. The highest BCUT2D eigenvalue weighted by Crippen LogP contribution is 2.69. The first kappa shape index (κ1) is 28.7. The summed E-state index contributed by atoms with van der Waals surface area (Å²) in [4.78, 5) is 12.4. The lowest BCUT2D eigenvalue weighted by Crippen LogP contribution is -2.56. The molecule has 1 saturated heterocycles. The monoisotopic (exact) mass is 551 g/mol. The van der Waals surface area contributed by atoms with E-state index in [1.165, 1.54) is 44.9 Å². The van der Waals surface area contributed by atoms with Gasteiger partial charge in [0, 0.05) is 6.04 Å². The lowest BCUT2D eigenvalue weighted by Gasteiger charge is -2.63. The fourth-order valence-corrected chi connectivity index (χ4v) is 12.2. The van der Waals surface area contributed by atoms with Crippen molar-refractivity contribution >= 4 is 15.9 Å². The lowest BCUT2D eigenvalue weighted by atomic mass is 9.42. The van der Waals surface area contributed by atoms with E-state index >= 15 is 0 Å². The first-order chi connectivity index (χ1) is 18.0. The van der Waals surface area contributed by atoms with Crippen molar-refractivity contribution in [2.45, 2.75) is 117 Å². The van der Waals surface area contributed by atoms with Crippen LogP contribution in [0, 0.1) is 52.3 Å². The topological polar surface area (TPSA) is 92.7 Å². The van der Waals surface area contributed by atoms with Crippen molar-refractivity contribution in [1.82, 2.24) is 5.32 Å². The predicted molar refractivity (Wildman–Crippen MR) is 150 cm³/mol. The molecule has 4 saturated carbocycles. The number of nitrogens with one attached hydrogen (secondary N) is 1. The van der Waals surface area contributed by atoms with Crippen LogP contribution in [0.4, 0.5) is 4.79 Å². The largest absolute Gasteiger partial charge is 0.450 e. The lowest BCUT2D eigenvalue weighted by molar-refractivity contribution is -0.152. The van der Waals surface area contributed by atoms with Crippen molar-refractivity contribution in [3.63, 3.8) is 0 Å². The molecular formula is C31H53NO5S. The number of sulfone groups is 1. The van der Waals surface area contributed by atoms with Crippen molar-refractivity contribution in [3.05, 3.63) is 0 Å². The maximum Gasteiger partial charge on any atom is 0.407 e. The number of fused-ring (bicyclic) bond motifs is 5. The molecule has 7 heteroatoms. The Bertz CT molecular complexity index is 955. The molecule has 1 aliphatic heterocycles. The third kappa shape index (κ3) is 5.29. The molecule has 218 valence electrons. The summed E-state index contributed by atoms with van der Waals surface area (Å²) in [6.07, 6.45) is 12.5. The number of alkyl carbamates (subject to hydrolysis) is 1. The van der Waals surface area contributed by atoms with Gasteiger partial charge in [0.05, 0.1) is 24.2 Å². The second-order valence-electron chi connectivity index (χ2n) is 14.5. The van der Waals surface area contributed by atoms with Crippen LogP contribution in [0.3, 0.4) is 0 Å². The summed E-state index contributed by atoms with van der Waals surface area (Å²) in [6.45, 7) is 10.4. The maximum absolute atomic E-state index is 12.4. The number of aliphatic hydroxyl groups excluding tert-OH is 1. The zero-order chi connectivity index (χ0) is 27.3. The number of carbonyl (C=O) groups excluding carboxylic acids is 1. The zero-order valence-electron chi connectivity index (χ0n) is 24.3. The second-order valence-corrected chi connectivity index (χ2v) is 16.8. The Kier molecular flexibility index (Phi) is 8.21. The fourth-order valence-electron chi connectivity index (χ4n) is 10.7. The van der Waals surface area contributed by atoms with Gasteiger partial charge in [0.15, 0.2) is 0 Å². The van der Waals surface area contributed by atoms with Gasteiger partial charge in [-0.25, -0.2) is 13.2 Å². The SMILES string of the molecule is CC[C@H]1CC2[C@@H]3CC[C@H]([C@H](C)CCOC(=O)NC4CCS(=O)(=O)CC4)[C@@]3(C)CC[C@@H]2[C@@]2(C)CC[C@@H](O)C[C@@H]12. The van der Waals surface area contributed by atoms with Crippen molar-refractivity contribution in [2.24, 2.45) is 52.3 Å². The van der Waals surface area contributed by atoms with Gasteiger partial charge >= 0.3 is 6.09 Å². The van der Waals surface area contributed by atoms with Gasteiger partial charge in [0.2, 0.25) is 0 Å². The summed E-state index contributed by atoms with van der Waals surface area (Å²) in [5.41, 5.74) is 0.781. The van der Waals surface area contributed by atoms with Gasteiger partial charge in [0.1, 0.15) is 9.84 Å². The number of hydrogen-bond donors (Lipinski definition) is 2. The molecule has 0 aromatic rings. The van der Waals surface area contributed by atoms with Crippen LogP contribution in [-0.4, -0.2) is 49.9 Å². The van der Waals surface area contributed by atoms with Crippen LogP contribution < -0.4 is 5.32 Å². The van der Waals surface area contributed by atoms with E-state index in [9.17, 15) is 18.3 Å². The van der Waals surface area contributed by atoms with E-state index in [2.05, 4.69) is 33.0 Å². The standard InChI is InChI=1S/C31H53NO5S/c1-5-21-18-24-26-7-6-25(20(2)10-15-37-29(34)32-22-11-16-38(35,36)17-12-22)30(26,3)14-9-27(24)31(4)13-8-23(33)19-28(21)31/h20-28,33H,5-19H2,1-4H3,(H,32,34)/t20-,21+,23-,24?,25-,26+,27+,28+,30-,31-/m1/s1. The highest BCUT2D eigenvalue weighted by Gasteiger charge is 2.62. The molecule has 1 unspecified atom stereocenters. The second kappa shape index (κ2) is 10.9. The normalized spacial score (nSPS) is 45.3. The number of carbonyl (C=O) groups is 1. The van der Waals surface area contributed by atoms with Crippen molar-refractivity contribution in [3.8, 4) is 0 Å². The maximum atomic E-state index is 12.4. The van der Waals surface area contributed by atoms with Gasteiger partial charge in [-0.3, -0.25) is 0 Å². The molecule has 5 rings (SSSR count). The average Bonchev–Trinajstić information content (AvgIpc) is 3.23. The van der Waals surface area contributed by atoms with Gasteiger partial charge in [0.25, 0.3) is 0 Å². The zero-order valence-corrected chi connectivity index (χ0v) is 25.1. The Morgan fingerprint density at radius 1 is 0.974 bits per heavy atom. The van der Waals surface area contributed by atoms with E-state index in [1.54, 1.807) is 0 Å². The molecule has 4 aliphatic carbocycles. The van der Waals surface area contributed by atoms with E-state index in [0.29, 0.717) is 48.0 Å². The van der Waals surface area contributed by atoms with Crippen molar-refractivity contribution < 1.29 is 23.1 Å². The number of hydrogen-bond acceptors (Lipinski definition) is 5. The summed E-state index contributed by atoms with van der Waals surface area (Å²) in [7, 11) is -2.93. The summed E-state index contributed by atoms with van der Waals surface area (Å²) in [6, 6.07) is -0.0931. The minimum atomic E-state index is -2.93. The molecule has 0 aromatic carbocycles. The molecule has 38 heavy (non-hydrogen) atoms. The van der Waals surface area contributed by atoms with E-state index in [-0.39, 0.29) is 23.7 Å². The van der Waals surface area contributed by atoms with Crippen LogP contribution in [0.2, 0.25) is 0 Å². The Balaban J connectivity index is 1.17. The van der Waals surface area contributed by atoms with Crippen LogP contribution in [0.25, 0.3) is 0 Å². The van der Waals surface area contributed by atoms with Gasteiger partial charge in [-0.05, 0) is 123 Å². The number of ether oxygens (including phenoxy) is 1. The molecule has 0 radical (unpaired) electrons.